The molecule has 2 aromatic rings. The third-order valence-electron chi connectivity index (χ3n) is 1.72. The molecule has 0 spiro atoms. The normalized spacial score (nSPS) is 11.2. The minimum absolute atomic E-state index is 0.138. The highest BCUT2D eigenvalue weighted by molar-refractivity contribution is 7.22. The minimum atomic E-state index is -4.73. The number of alkyl halides is 3. The van der Waals surface area contributed by atoms with E-state index < -0.39 is 6.36 Å². The van der Waals surface area contributed by atoms with Gasteiger partial charge in [-0.15, -0.1) is 18.2 Å². The first-order chi connectivity index (χ1) is 7.98. The molecule has 0 aliphatic heterocycles. The Bertz CT molecular complexity index is 602. The topological polar surface area (TPSA) is 51.5 Å². The van der Waals surface area contributed by atoms with E-state index in [9.17, 15) is 18.0 Å². The molecule has 88 valence electrons. The summed E-state index contributed by atoms with van der Waals surface area (Å²) in [6.07, 6.45) is -3.42. The van der Waals surface area contributed by atoms with Gasteiger partial charge in [-0.25, -0.2) is 9.78 Å². The monoisotopic (exact) mass is 260 g/mol. The van der Waals surface area contributed by atoms with Crippen molar-refractivity contribution in [3.05, 3.63) is 18.2 Å². The molecule has 0 bridgehead atoms. The maximum atomic E-state index is 12.0. The third-order valence-corrected chi connectivity index (χ3v) is 2.64. The van der Waals surface area contributed by atoms with Crippen molar-refractivity contribution in [2.45, 2.75) is 6.36 Å². The van der Waals surface area contributed by atoms with Gasteiger partial charge < -0.3 is 4.74 Å². The van der Waals surface area contributed by atoms with E-state index >= 15 is 0 Å². The van der Waals surface area contributed by atoms with Crippen molar-refractivity contribution in [1.29, 1.82) is 0 Å². The van der Waals surface area contributed by atoms with Gasteiger partial charge in [0.2, 0.25) is 11.2 Å². The number of isocyanates is 1. The molecule has 1 aromatic heterocycles. The number of hydrogen-bond donors (Lipinski definition) is 0. The highest BCUT2D eigenvalue weighted by Gasteiger charge is 2.31. The molecule has 0 aliphatic rings. The first kappa shape index (κ1) is 11.6. The second kappa shape index (κ2) is 4.15. The average Bonchev–Trinajstić information content (AvgIpc) is 2.57. The standard InChI is InChI=1S/C9H3F3N2O2S/c10-9(11,12)16-5-1-2-6-7(3-5)17-8(14-6)13-4-15/h1-3H. The van der Waals surface area contributed by atoms with Crippen LogP contribution in [0.5, 0.6) is 5.75 Å². The molecule has 0 saturated carbocycles. The summed E-state index contributed by atoms with van der Waals surface area (Å²) in [7, 11) is 0. The number of fused-ring (bicyclic) bond motifs is 1. The van der Waals surface area contributed by atoms with E-state index in [1.807, 2.05) is 0 Å². The molecule has 0 N–H and O–H groups in total. The van der Waals surface area contributed by atoms with Gasteiger partial charge in [-0.05, 0) is 12.1 Å². The molecule has 0 fully saturated rings. The lowest BCUT2D eigenvalue weighted by molar-refractivity contribution is -0.274. The maximum Gasteiger partial charge on any atom is 0.573 e. The molecule has 0 unspecified atom stereocenters. The fraction of sp³-hybridized carbons (Fsp3) is 0.111. The van der Waals surface area contributed by atoms with Crippen LogP contribution < -0.4 is 4.74 Å². The van der Waals surface area contributed by atoms with E-state index in [0.717, 1.165) is 17.4 Å². The van der Waals surface area contributed by atoms with E-state index in [-0.39, 0.29) is 10.9 Å². The van der Waals surface area contributed by atoms with Crippen LogP contribution in [0.1, 0.15) is 0 Å². The molecule has 8 heteroatoms. The van der Waals surface area contributed by atoms with Crippen molar-refractivity contribution < 1.29 is 22.7 Å². The quantitative estimate of drug-likeness (QED) is 0.615. The second-order valence-electron chi connectivity index (χ2n) is 2.88. The fourth-order valence-electron chi connectivity index (χ4n) is 1.18. The van der Waals surface area contributed by atoms with Crippen molar-refractivity contribution in [2.75, 3.05) is 0 Å². The van der Waals surface area contributed by atoms with E-state index in [1.165, 1.54) is 18.2 Å². The molecule has 1 aromatic carbocycles. The molecule has 1 heterocycles. The molecular weight excluding hydrogens is 257 g/mol. The van der Waals surface area contributed by atoms with Gasteiger partial charge in [0.1, 0.15) is 5.75 Å². The van der Waals surface area contributed by atoms with Crippen molar-refractivity contribution in [1.82, 2.24) is 4.98 Å². The zero-order chi connectivity index (χ0) is 12.5. The van der Waals surface area contributed by atoms with Gasteiger partial charge in [-0.2, -0.15) is 0 Å². The Hall–Kier alpha value is -1.92. The lowest BCUT2D eigenvalue weighted by Gasteiger charge is -2.07. The summed E-state index contributed by atoms with van der Waals surface area (Å²) in [6, 6.07) is 3.69. The van der Waals surface area contributed by atoms with Gasteiger partial charge in [0.25, 0.3) is 0 Å². The van der Waals surface area contributed by atoms with Crippen LogP contribution in [0.4, 0.5) is 18.3 Å². The van der Waals surface area contributed by atoms with Crippen molar-refractivity contribution >= 4 is 32.8 Å². The molecule has 0 amide bonds. The summed E-state index contributed by atoms with van der Waals surface area (Å²) in [4.78, 5) is 17.2. The number of carbonyl (C=O) groups excluding carboxylic acids is 1. The van der Waals surface area contributed by atoms with Crippen LogP contribution in [-0.4, -0.2) is 17.4 Å². The van der Waals surface area contributed by atoms with Crippen molar-refractivity contribution in [3.8, 4) is 5.75 Å². The molecule has 2 rings (SSSR count). The average molecular weight is 260 g/mol. The van der Waals surface area contributed by atoms with Crippen LogP contribution in [-0.2, 0) is 4.79 Å². The van der Waals surface area contributed by atoms with Crippen molar-refractivity contribution in [3.63, 3.8) is 0 Å². The van der Waals surface area contributed by atoms with Crippen LogP contribution in [0.2, 0.25) is 0 Å². The number of thiazole rings is 1. The maximum absolute atomic E-state index is 12.0. The molecule has 0 atom stereocenters. The predicted molar refractivity (Wildman–Crippen MR) is 54.1 cm³/mol. The first-order valence-corrected chi connectivity index (χ1v) is 5.04. The Morgan fingerprint density at radius 3 is 2.82 bits per heavy atom. The number of hydrogen-bond acceptors (Lipinski definition) is 5. The van der Waals surface area contributed by atoms with Crippen LogP contribution >= 0.6 is 11.3 Å². The smallest absolute Gasteiger partial charge is 0.406 e. The van der Waals surface area contributed by atoms with Crippen LogP contribution in [0.3, 0.4) is 0 Å². The minimum Gasteiger partial charge on any atom is -0.406 e. The zero-order valence-electron chi connectivity index (χ0n) is 7.99. The van der Waals surface area contributed by atoms with Gasteiger partial charge in [-0.3, -0.25) is 0 Å². The fourth-order valence-corrected chi connectivity index (χ4v) is 1.99. The van der Waals surface area contributed by atoms with E-state index in [2.05, 4.69) is 14.7 Å². The molecule has 0 radical (unpaired) electrons. The molecule has 0 saturated heterocycles. The summed E-state index contributed by atoms with van der Waals surface area (Å²) in [6.45, 7) is 0. The Morgan fingerprint density at radius 1 is 1.41 bits per heavy atom. The number of nitrogens with zero attached hydrogens (tertiary/aromatic N) is 2. The van der Waals surface area contributed by atoms with Gasteiger partial charge in [0, 0.05) is 6.07 Å². The second-order valence-corrected chi connectivity index (χ2v) is 3.89. The van der Waals surface area contributed by atoms with Gasteiger partial charge >= 0.3 is 6.36 Å². The summed E-state index contributed by atoms with van der Waals surface area (Å²) >= 11 is 0.974. The first-order valence-electron chi connectivity index (χ1n) is 4.22. The van der Waals surface area contributed by atoms with E-state index in [0.29, 0.717) is 10.2 Å². The van der Waals surface area contributed by atoms with Crippen molar-refractivity contribution in [2.24, 2.45) is 4.99 Å². The highest BCUT2D eigenvalue weighted by atomic mass is 32.1. The molecule has 0 aliphatic carbocycles. The largest absolute Gasteiger partial charge is 0.573 e. The summed E-state index contributed by atoms with van der Waals surface area (Å²) < 4.78 is 40.1. The van der Waals surface area contributed by atoms with Crippen LogP contribution in [0.15, 0.2) is 23.2 Å². The highest BCUT2D eigenvalue weighted by Crippen LogP contribution is 2.32. The Kier molecular flexibility index (Phi) is 2.83. The molecule has 17 heavy (non-hydrogen) atoms. The third kappa shape index (κ3) is 2.80. The Morgan fingerprint density at radius 2 is 2.18 bits per heavy atom. The molecular formula is C9H3F3N2O2S. The Balaban J connectivity index is 2.40. The number of aromatic nitrogens is 1. The van der Waals surface area contributed by atoms with Gasteiger partial charge in [-0.1, -0.05) is 11.3 Å². The predicted octanol–water partition coefficient (Wildman–Crippen LogP) is 3.16. The van der Waals surface area contributed by atoms with Gasteiger partial charge in [0.15, 0.2) is 0 Å². The van der Waals surface area contributed by atoms with Crippen LogP contribution in [0.25, 0.3) is 10.2 Å². The summed E-state index contributed by atoms with van der Waals surface area (Å²) in [5.41, 5.74) is 0.443. The van der Waals surface area contributed by atoms with E-state index in [1.54, 1.807) is 0 Å². The lowest BCUT2D eigenvalue weighted by Crippen LogP contribution is -2.16. The number of aliphatic imine (C=N–C) groups is 1. The number of rotatable bonds is 2. The number of benzene rings is 1. The summed E-state index contributed by atoms with van der Waals surface area (Å²) in [5.74, 6) is -0.338. The zero-order valence-corrected chi connectivity index (χ0v) is 8.80. The SMILES string of the molecule is O=C=Nc1nc2ccc(OC(F)(F)F)cc2s1. The lowest BCUT2D eigenvalue weighted by atomic mass is 10.3. The summed E-state index contributed by atoms with van der Waals surface area (Å²) in [5, 5.41) is 0.138. The number of halogens is 3. The van der Waals surface area contributed by atoms with E-state index in [4.69, 9.17) is 0 Å². The van der Waals surface area contributed by atoms with Crippen LogP contribution in [0, 0.1) is 0 Å². The number of ether oxygens (including phenoxy) is 1. The Labute approximate surface area is 96.4 Å². The molecule has 4 nitrogen and oxygen atoms in total. The van der Waals surface area contributed by atoms with Gasteiger partial charge in [0.05, 0.1) is 10.2 Å².